The van der Waals surface area contributed by atoms with E-state index in [1.165, 1.54) is 12.0 Å². The first-order valence-corrected chi connectivity index (χ1v) is 6.93. The summed E-state index contributed by atoms with van der Waals surface area (Å²) in [6, 6.07) is -0.604. The Bertz CT molecular complexity index is 317. The number of aliphatic hydroxyl groups is 1. The van der Waals surface area contributed by atoms with Gasteiger partial charge in [-0.1, -0.05) is 0 Å². The van der Waals surface area contributed by atoms with Crippen molar-refractivity contribution in [3.05, 3.63) is 0 Å². The molecular formula is C11H17NO4S. The highest BCUT2D eigenvalue weighted by Crippen LogP contribution is 2.28. The van der Waals surface area contributed by atoms with E-state index in [-0.39, 0.29) is 24.8 Å². The van der Waals surface area contributed by atoms with Crippen LogP contribution >= 0.6 is 11.8 Å². The van der Waals surface area contributed by atoms with E-state index in [0.29, 0.717) is 0 Å². The van der Waals surface area contributed by atoms with Crippen LogP contribution in [0.2, 0.25) is 0 Å². The average Bonchev–Trinajstić information content (AvgIpc) is 2.95. The Kier molecular flexibility index (Phi) is 3.93. The van der Waals surface area contributed by atoms with Crippen LogP contribution in [-0.2, 0) is 14.3 Å². The van der Waals surface area contributed by atoms with E-state index in [1.807, 2.05) is 0 Å². The Morgan fingerprint density at radius 2 is 2.24 bits per heavy atom. The quantitative estimate of drug-likeness (QED) is 0.700. The summed E-state index contributed by atoms with van der Waals surface area (Å²) < 4.78 is 4.68. The Balaban J connectivity index is 2.06. The molecule has 0 aromatic heterocycles. The van der Waals surface area contributed by atoms with Crippen LogP contribution in [0.25, 0.3) is 0 Å². The lowest BCUT2D eigenvalue weighted by atomic mass is 10.1. The van der Waals surface area contributed by atoms with Gasteiger partial charge < -0.3 is 14.7 Å². The van der Waals surface area contributed by atoms with E-state index in [9.17, 15) is 14.7 Å². The SMILES string of the molecule is COC(=O)C1CC(O)CN1C(=O)C1CCSC1. The second kappa shape index (κ2) is 5.27. The molecule has 3 unspecified atom stereocenters. The number of nitrogens with zero attached hydrogens (tertiary/aromatic N) is 1. The minimum atomic E-state index is -0.614. The number of aliphatic hydroxyl groups excluding tert-OH is 1. The van der Waals surface area contributed by atoms with Crippen molar-refractivity contribution in [2.45, 2.75) is 25.0 Å². The van der Waals surface area contributed by atoms with Crippen LogP contribution in [0, 0.1) is 5.92 Å². The summed E-state index contributed by atoms with van der Waals surface area (Å²) in [5.41, 5.74) is 0. The summed E-state index contributed by atoms with van der Waals surface area (Å²) in [6.45, 7) is 0.250. The molecule has 0 spiro atoms. The maximum atomic E-state index is 12.2. The van der Waals surface area contributed by atoms with Crippen LogP contribution in [0.3, 0.4) is 0 Å². The molecule has 2 heterocycles. The number of hydrogen-bond donors (Lipinski definition) is 1. The second-order valence-electron chi connectivity index (χ2n) is 4.48. The summed E-state index contributed by atoms with van der Waals surface area (Å²) in [4.78, 5) is 25.3. The van der Waals surface area contributed by atoms with E-state index in [1.54, 1.807) is 11.8 Å². The number of carbonyl (C=O) groups is 2. The summed E-state index contributed by atoms with van der Waals surface area (Å²) in [5, 5.41) is 9.60. The first-order valence-electron chi connectivity index (χ1n) is 5.77. The molecule has 2 aliphatic rings. The third-order valence-corrected chi connectivity index (χ3v) is 4.48. The largest absolute Gasteiger partial charge is 0.467 e. The van der Waals surface area contributed by atoms with Crippen molar-refractivity contribution in [3.8, 4) is 0 Å². The first-order chi connectivity index (χ1) is 8.13. The summed E-state index contributed by atoms with van der Waals surface area (Å²) in [5.74, 6) is 1.37. The van der Waals surface area contributed by atoms with Crippen molar-refractivity contribution in [1.29, 1.82) is 0 Å². The highest BCUT2D eigenvalue weighted by molar-refractivity contribution is 7.99. The third kappa shape index (κ3) is 2.57. The van der Waals surface area contributed by atoms with Crippen LogP contribution in [0.5, 0.6) is 0 Å². The monoisotopic (exact) mass is 259 g/mol. The van der Waals surface area contributed by atoms with Gasteiger partial charge in [0, 0.05) is 24.6 Å². The molecular weight excluding hydrogens is 242 g/mol. The zero-order valence-electron chi connectivity index (χ0n) is 9.80. The number of rotatable bonds is 2. The van der Waals surface area contributed by atoms with E-state index in [4.69, 9.17) is 0 Å². The molecule has 0 aromatic carbocycles. The Hall–Kier alpha value is -0.750. The Labute approximate surface area is 104 Å². The van der Waals surface area contributed by atoms with Crippen molar-refractivity contribution < 1.29 is 19.4 Å². The van der Waals surface area contributed by atoms with Crippen LogP contribution in [0.4, 0.5) is 0 Å². The molecule has 1 amide bonds. The molecule has 0 saturated carbocycles. The van der Waals surface area contributed by atoms with E-state index in [0.717, 1.165) is 17.9 Å². The fourth-order valence-corrected chi connectivity index (χ4v) is 3.59. The minimum absolute atomic E-state index is 0.00236. The molecule has 0 bridgehead atoms. The van der Waals surface area contributed by atoms with Gasteiger partial charge in [0.15, 0.2) is 0 Å². The van der Waals surface area contributed by atoms with Gasteiger partial charge in [0.1, 0.15) is 6.04 Å². The van der Waals surface area contributed by atoms with E-state index < -0.39 is 18.1 Å². The van der Waals surface area contributed by atoms with Gasteiger partial charge in [0.2, 0.25) is 5.91 Å². The molecule has 2 fully saturated rings. The number of thioether (sulfide) groups is 1. The molecule has 2 saturated heterocycles. The van der Waals surface area contributed by atoms with Gasteiger partial charge in [-0.2, -0.15) is 11.8 Å². The topological polar surface area (TPSA) is 66.8 Å². The number of hydrogen-bond acceptors (Lipinski definition) is 5. The Morgan fingerprint density at radius 1 is 1.47 bits per heavy atom. The number of carbonyl (C=O) groups excluding carboxylic acids is 2. The normalized spacial score (nSPS) is 32.8. The zero-order valence-corrected chi connectivity index (χ0v) is 10.6. The first kappa shape index (κ1) is 12.7. The van der Waals surface area contributed by atoms with Crippen molar-refractivity contribution in [2.24, 2.45) is 5.92 Å². The van der Waals surface area contributed by atoms with Crippen molar-refractivity contribution in [2.75, 3.05) is 25.2 Å². The molecule has 5 nitrogen and oxygen atoms in total. The number of esters is 1. The van der Waals surface area contributed by atoms with Gasteiger partial charge in [-0.3, -0.25) is 4.79 Å². The number of amides is 1. The van der Waals surface area contributed by atoms with Crippen LogP contribution < -0.4 is 0 Å². The standard InChI is InChI=1S/C11H17NO4S/c1-16-11(15)9-4-8(13)5-12(9)10(14)7-2-3-17-6-7/h7-9,13H,2-6H2,1H3. The molecule has 2 rings (SSSR count). The number of methoxy groups -OCH3 is 1. The maximum absolute atomic E-state index is 12.2. The molecule has 96 valence electrons. The fraction of sp³-hybridized carbons (Fsp3) is 0.818. The van der Waals surface area contributed by atoms with Crippen molar-refractivity contribution in [3.63, 3.8) is 0 Å². The Morgan fingerprint density at radius 3 is 2.82 bits per heavy atom. The molecule has 17 heavy (non-hydrogen) atoms. The summed E-state index contributed by atoms with van der Waals surface area (Å²) in [7, 11) is 1.31. The van der Waals surface area contributed by atoms with Gasteiger partial charge in [-0.05, 0) is 12.2 Å². The molecule has 0 aliphatic carbocycles. The smallest absolute Gasteiger partial charge is 0.328 e. The molecule has 0 radical (unpaired) electrons. The summed E-state index contributed by atoms with van der Waals surface area (Å²) in [6.07, 6.45) is 0.541. The minimum Gasteiger partial charge on any atom is -0.467 e. The summed E-state index contributed by atoms with van der Waals surface area (Å²) >= 11 is 1.76. The predicted molar refractivity (Wildman–Crippen MR) is 63.6 cm³/mol. The number of likely N-dealkylation sites (tertiary alicyclic amines) is 1. The van der Waals surface area contributed by atoms with Crippen LogP contribution in [0.1, 0.15) is 12.8 Å². The van der Waals surface area contributed by atoms with Gasteiger partial charge in [0.25, 0.3) is 0 Å². The predicted octanol–water partition coefficient (Wildman–Crippen LogP) is -0.126. The molecule has 6 heteroatoms. The number of ether oxygens (including phenoxy) is 1. The lowest BCUT2D eigenvalue weighted by Gasteiger charge is -2.24. The number of β-amino-alcohol motifs (C(OH)–C–C–N with tert-alkyl or cyclic N) is 1. The second-order valence-corrected chi connectivity index (χ2v) is 5.63. The molecule has 1 N–H and O–H groups in total. The molecule has 3 atom stereocenters. The highest BCUT2D eigenvalue weighted by atomic mass is 32.2. The van der Waals surface area contributed by atoms with Crippen LogP contribution in [-0.4, -0.2) is 59.2 Å². The van der Waals surface area contributed by atoms with E-state index in [2.05, 4.69) is 4.74 Å². The lowest BCUT2D eigenvalue weighted by Crippen LogP contribution is -2.44. The van der Waals surface area contributed by atoms with E-state index >= 15 is 0 Å². The zero-order chi connectivity index (χ0) is 12.4. The molecule has 2 aliphatic heterocycles. The van der Waals surface area contributed by atoms with Gasteiger partial charge in [-0.25, -0.2) is 4.79 Å². The van der Waals surface area contributed by atoms with Gasteiger partial charge >= 0.3 is 5.97 Å². The average molecular weight is 259 g/mol. The van der Waals surface area contributed by atoms with Crippen LogP contribution in [0.15, 0.2) is 0 Å². The lowest BCUT2D eigenvalue weighted by molar-refractivity contribution is -0.152. The highest BCUT2D eigenvalue weighted by Gasteiger charge is 2.42. The van der Waals surface area contributed by atoms with Crippen molar-refractivity contribution in [1.82, 2.24) is 4.90 Å². The van der Waals surface area contributed by atoms with Gasteiger partial charge in [-0.15, -0.1) is 0 Å². The maximum Gasteiger partial charge on any atom is 0.328 e. The molecule has 0 aromatic rings. The van der Waals surface area contributed by atoms with Crippen molar-refractivity contribution >= 4 is 23.6 Å². The third-order valence-electron chi connectivity index (χ3n) is 3.31. The van der Waals surface area contributed by atoms with Gasteiger partial charge in [0.05, 0.1) is 13.2 Å². The fourth-order valence-electron chi connectivity index (χ4n) is 2.38.